The summed E-state index contributed by atoms with van der Waals surface area (Å²) in [5.41, 5.74) is 0.932. The first-order valence-electron chi connectivity index (χ1n) is 10.1. The van der Waals surface area contributed by atoms with Crippen molar-refractivity contribution in [2.75, 3.05) is 18.4 Å². The van der Waals surface area contributed by atoms with Gasteiger partial charge in [-0.05, 0) is 49.3 Å². The molecule has 2 aliphatic rings. The fourth-order valence-electron chi connectivity index (χ4n) is 3.99. The summed E-state index contributed by atoms with van der Waals surface area (Å²) in [5.74, 6) is 0.145. The number of nitrogens with zero attached hydrogens (tertiary/aromatic N) is 1. The minimum Gasteiger partial charge on any atom is -0.338 e. The second-order valence-electron chi connectivity index (χ2n) is 7.55. The Morgan fingerprint density at radius 2 is 1.75 bits per heavy atom. The van der Waals surface area contributed by atoms with Crippen molar-refractivity contribution in [2.45, 2.75) is 48.7 Å². The van der Waals surface area contributed by atoms with E-state index in [-0.39, 0.29) is 17.7 Å². The number of hydrogen-bond acceptors (Lipinski definition) is 4. The maximum atomic E-state index is 12.8. The van der Waals surface area contributed by atoms with Gasteiger partial charge in [-0.25, -0.2) is 0 Å². The maximum absolute atomic E-state index is 12.8. The molecule has 2 fully saturated rings. The van der Waals surface area contributed by atoms with Crippen molar-refractivity contribution in [3.8, 4) is 0 Å². The quantitative estimate of drug-likeness (QED) is 0.725. The Labute approximate surface area is 174 Å². The van der Waals surface area contributed by atoms with Crippen LogP contribution in [0.1, 0.15) is 48.2 Å². The van der Waals surface area contributed by atoms with E-state index in [1.807, 2.05) is 52.4 Å². The fourth-order valence-corrected chi connectivity index (χ4v) is 6.02. The van der Waals surface area contributed by atoms with Crippen molar-refractivity contribution in [2.24, 2.45) is 5.92 Å². The van der Waals surface area contributed by atoms with Crippen LogP contribution in [-0.2, 0) is 4.79 Å². The molecule has 0 radical (unpaired) electrons. The molecule has 2 heterocycles. The highest BCUT2D eigenvalue weighted by atomic mass is 32.2. The fraction of sp³-hybridized carbons (Fsp3) is 0.455. The van der Waals surface area contributed by atoms with Gasteiger partial charge in [-0.3, -0.25) is 9.59 Å². The Hall–Kier alpha value is -1.79. The smallest absolute Gasteiger partial charge is 0.263 e. The number of thioether (sulfide) groups is 1. The van der Waals surface area contributed by atoms with Crippen LogP contribution in [0.25, 0.3) is 0 Å². The molecule has 148 valence electrons. The van der Waals surface area contributed by atoms with E-state index in [1.165, 1.54) is 41.9 Å². The zero-order chi connectivity index (χ0) is 19.3. The average molecular weight is 415 g/mol. The largest absolute Gasteiger partial charge is 0.338 e. The summed E-state index contributed by atoms with van der Waals surface area (Å²) in [6.07, 6.45) is 6.61. The number of likely N-dealkylation sites (tertiary alicyclic amines) is 1. The van der Waals surface area contributed by atoms with Crippen LogP contribution in [0, 0.1) is 5.92 Å². The van der Waals surface area contributed by atoms with Crippen LogP contribution in [0.5, 0.6) is 0 Å². The van der Waals surface area contributed by atoms with Gasteiger partial charge < -0.3 is 10.2 Å². The molecule has 1 aromatic carbocycles. The molecule has 0 atom stereocenters. The number of thiophene rings is 1. The van der Waals surface area contributed by atoms with Crippen LogP contribution in [-0.4, -0.2) is 35.1 Å². The molecule has 1 aliphatic carbocycles. The van der Waals surface area contributed by atoms with Gasteiger partial charge in [0.1, 0.15) is 0 Å². The molecule has 4 nitrogen and oxygen atoms in total. The standard InChI is InChI=1S/C22H26N2O2S2/c25-21(16-11-13-24(14-12-16)22(26)20-10-5-15-27-20)23-18-8-3-4-9-19(18)28-17-6-1-2-7-17/h3-5,8-10,15-17H,1-2,6-7,11-14H2,(H,23,25). The van der Waals surface area contributed by atoms with E-state index in [9.17, 15) is 9.59 Å². The predicted octanol–water partition coefficient (Wildman–Crippen LogP) is 5.27. The second-order valence-corrected chi connectivity index (χ2v) is 9.84. The highest BCUT2D eigenvalue weighted by Gasteiger charge is 2.28. The lowest BCUT2D eigenvalue weighted by Gasteiger charge is -2.31. The van der Waals surface area contributed by atoms with Gasteiger partial charge in [0.25, 0.3) is 5.91 Å². The van der Waals surface area contributed by atoms with Crippen LogP contribution in [0.4, 0.5) is 5.69 Å². The number of benzene rings is 1. The topological polar surface area (TPSA) is 49.4 Å². The number of anilines is 1. The molecule has 1 aromatic heterocycles. The molecule has 1 saturated carbocycles. The van der Waals surface area contributed by atoms with Crippen molar-refractivity contribution < 1.29 is 9.59 Å². The molecular weight excluding hydrogens is 388 g/mol. The molecule has 6 heteroatoms. The van der Waals surface area contributed by atoms with Crippen LogP contribution >= 0.6 is 23.1 Å². The average Bonchev–Trinajstić information content (AvgIpc) is 3.43. The van der Waals surface area contributed by atoms with Crippen molar-refractivity contribution in [3.05, 3.63) is 46.7 Å². The first kappa shape index (κ1) is 19.5. The van der Waals surface area contributed by atoms with E-state index in [0.717, 1.165) is 23.4 Å². The van der Waals surface area contributed by atoms with E-state index >= 15 is 0 Å². The Morgan fingerprint density at radius 3 is 2.46 bits per heavy atom. The van der Waals surface area contributed by atoms with E-state index < -0.39 is 0 Å². The Morgan fingerprint density at radius 1 is 1.00 bits per heavy atom. The van der Waals surface area contributed by atoms with Gasteiger partial charge in [-0.2, -0.15) is 0 Å². The van der Waals surface area contributed by atoms with Gasteiger partial charge in [-0.15, -0.1) is 23.1 Å². The molecule has 0 unspecified atom stereocenters. The minimum absolute atomic E-state index is 0.0306. The third kappa shape index (κ3) is 4.61. The Kier molecular flexibility index (Phi) is 6.37. The number of nitrogens with one attached hydrogen (secondary N) is 1. The molecule has 1 N–H and O–H groups in total. The van der Waals surface area contributed by atoms with Gasteiger partial charge in [-0.1, -0.05) is 31.0 Å². The summed E-state index contributed by atoms with van der Waals surface area (Å²) in [6.45, 7) is 1.29. The zero-order valence-electron chi connectivity index (χ0n) is 15.9. The molecule has 28 heavy (non-hydrogen) atoms. The molecule has 1 aliphatic heterocycles. The number of piperidine rings is 1. The number of hydrogen-bond donors (Lipinski definition) is 1. The summed E-state index contributed by atoms with van der Waals surface area (Å²) in [6, 6.07) is 11.9. The van der Waals surface area contributed by atoms with Crippen LogP contribution in [0.3, 0.4) is 0 Å². The number of rotatable bonds is 5. The summed E-state index contributed by atoms with van der Waals surface area (Å²) in [7, 11) is 0. The van der Waals surface area contributed by atoms with Gasteiger partial charge in [0, 0.05) is 29.2 Å². The highest BCUT2D eigenvalue weighted by molar-refractivity contribution is 8.00. The Balaban J connectivity index is 1.33. The zero-order valence-corrected chi connectivity index (χ0v) is 17.6. The van der Waals surface area contributed by atoms with Crippen LogP contribution in [0.15, 0.2) is 46.7 Å². The summed E-state index contributed by atoms with van der Waals surface area (Å²) >= 11 is 3.38. The molecule has 2 amide bonds. The van der Waals surface area contributed by atoms with Gasteiger partial charge in [0.05, 0.1) is 10.6 Å². The van der Waals surface area contributed by atoms with Crippen molar-refractivity contribution >= 4 is 40.6 Å². The van der Waals surface area contributed by atoms with Crippen LogP contribution < -0.4 is 5.32 Å². The van der Waals surface area contributed by atoms with E-state index in [1.54, 1.807) is 0 Å². The second kappa shape index (κ2) is 9.14. The molecule has 0 spiro atoms. The monoisotopic (exact) mass is 414 g/mol. The third-order valence-electron chi connectivity index (χ3n) is 5.63. The Bertz CT molecular complexity index is 808. The van der Waals surface area contributed by atoms with Crippen molar-refractivity contribution in [3.63, 3.8) is 0 Å². The minimum atomic E-state index is -0.0306. The summed E-state index contributed by atoms with van der Waals surface area (Å²) in [4.78, 5) is 29.1. The van der Waals surface area contributed by atoms with Gasteiger partial charge >= 0.3 is 0 Å². The predicted molar refractivity (Wildman–Crippen MR) is 116 cm³/mol. The van der Waals surface area contributed by atoms with E-state index in [2.05, 4.69) is 11.4 Å². The molecule has 2 aromatic rings. The van der Waals surface area contributed by atoms with Gasteiger partial charge in [0.2, 0.25) is 5.91 Å². The van der Waals surface area contributed by atoms with E-state index in [0.29, 0.717) is 18.3 Å². The normalized spacial score (nSPS) is 18.4. The molecule has 0 bridgehead atoms. The third-order valence-corrected chi connectivity index (χ3v) is 7.90. The first-order chi connectivity index (χ1) is 13.7. The van der Waals surface area contributed by atoms with Crippen LogP contribution in [0.2, 0.25) is 0 Å². The number of para-hydroxylation sites is 1. The van der Waals surface area contributed by atoms with Crippen molar-refractivity contribution in [1.82, 2.24) is 4.90 Å². The first-order valence-corrected chi connectivity index (χ1v) is 11.9. The lowest BCUT2D eigenvalue weighted by atomic mass is 9.95. The summed E-state index contributed by atoms with van der Waals surface area (Å²) in [5, 5.41) is 5.76. The number of carbonyl (C=O) groups is 2. The lowest BCUT2D eigenvalue weighted by molar-refractivity contribution is -0.121. The van der Waals surface area contributed by atoms with Gasteiger partial charge in [0.15, 0.2) is 0 Å². The SMILES string of the molecule is O=C(Nc1ccccc1SC1CCCC1)C1CCN(C(=O)c2cccs2)CC1. The van der Waals surface area contributed by atoms with E-state index in [4.69, 9.17) is 0 Å². The maximum Gasteiger partial charge on any atom is 0.263 e. The van der Waals surface area contributed by atoms with Crippen molar-refractivity contribution in [1.29, 1.82) is 0 Å². The lowest BCUT2D eigenvalue weighted by Crippen LogP contribution is -2.41. The highest BCUT2D eigenvalue weighted by Crippen LogP contribution is 2.38. The molecular formula is C22H26N2O2S2. The summed E-state index contributed by atoms with van der Waals surface area (Å²) < 4.78 is 0. The number of amides is 2. The number of carbonyl (C=O) groups excluding carboxylic acids is 2. The molecule has 1 saturated heterocycles. The molecule has 4 rings (SSSR count).